The van der Waals surface area contributed by atoms with Crippen molar-refractivity contribution in [2.75, 3.05) is 0 Å². The van der Waals surface area contributed by atoms with E-state index >= 15 is 0 Å². The van der Waals surface area contributed by atoms with Crippen LogP contribution in [0.25, 0.3) is 101 Å². The van der Waals surface area contributed by atoms with Crippen LogP contribution in [0.1, 0.15) is 0 Å². The van der Waals surface area contributed by atoms with Gasteiger partial charge in [-0.05, 0) is 54.1 Å². The van der Waals surface area contributed by atoms with Crippen LogP contribution in [0.2, 0.25) is 0 Å². The SMILES string of the molecule is c1ccc(-c2nc(-c3ccc4c(c3)nc(-c3ccccc3)n4-c3ccccc3)c(-c3ccccc3)c(-c3ccc4c(c3)nc(-c3ccccc3)n4-c3ccccc3)n2)cc1. The third-order valence-electron chi connectivity index (χ3n) is 11.0. The number of nitrogens with zero attached hydrogens (tertiary/aromatic N) is 6. The van der Waals surface area contributed by atoms with Crippen molar-refractivity contribution in [3.05, 3.63) is 218 Å². The smallest absolute Gasteiger partial charge is 0.160 e. The second kappa shape index (κ2) is 14.9. The van der Waals surface area contributed by atoms with Crippen LogP contribution in [0.15, 0.2) is 218 Å². The molecule has 0 saturated heterocycles. The zero-order valence-corrected chi connectivity index (χ0v) is 32.5. The molecule has 3 heterocycles. The van der Waals surface area contributed by atoms with Gasteiger partial charge in [-0.2, -0.15) is 0 Å². The maximum atomic E-state index is 5.42. The topological polar surface area (TPSA) is 61.4 Å². The van der Waals surface area contributed by atoms with Crippen LogP contribution in [-0.2, 0) is 0 Å². The number of imidazole rings is 2. The molecule has 282 valence electrons. The summed E-state index contributed by atoms with van der Waals surface area (Å²) in [5.41, 5.74) is 14.4. The fourth-order valence-corrected chi connectivity index (χ4v) is 8.17. The molecular weight excluding hydrogens is 733 g/mol. The molecule has 3 aromatic heterocycles. The lowest BCUT2D eigenvalue weighted by atomic mass is 9.93. The summed E-state index contributed by atoms with van der Waals surface area (Å²) in [5, 5.41) is 0. The number of fused-ring (bicyclic) bond motifs is 2. The van der Waals surface area contributed by atoms with Crippen LogP contribution >= 0.6 is 0 Å². The van der Waals surface area contributed by atoms with Gasteiger partial charge in [-0.15, -0.1) is 0 Å². The third-order valence-corrected chi connectivity index (χ3v) is 11.0. The first-order valence-electron chi connectivity index (χ1n) is 20.1. The molecule has 6 heteroatoms. The molecule has 6 nitrogen and oxygen atoms in total. The Bertz CT molecular complexity index is 3090. The molecule has 0 aliphatic carbocycles. The molecule has 0 spiro atoms. The molecule has 60 heavy (non-hydrogen) atoms. The minimum Gasteiger partial charge on any atom is -0.292 e. The summed E-state index contributed by atoms with van der Waals surface area (Å²) in [5.74, 6) is 2.40. The number of benzene rings is 8. The first kappa shape index (κ1) is 35.0. The summed E-state index contributed by atoms with van der Waals surface area (Å²) in [6.07, 6.45) is 0. The Morgan fingerprint density at radius 1 is 0.283 bits per heavy atom. The molecule has 0 aliphatic heterocycles. The fraction of sp³-hybridized carbons (Fsp3) is 0. The predicted molar refractivity (Wildman–Crippen MR) is 244 cm³/mol. The van der Waals surface area contributed by atoms with Crippen molar-refractivity contribution in [2.45, 2.75) is 0 Å². The maximum Gasteiger partial charge on any atom is 0.160 e. The van der Waals surface area contributed by atoms with Crippen molar-refractivity contribution in [2.24, 2.45) is 0 Å². The Labute approximate surface area is 347 Å². The molecule has 0 fully saturated rings. The van der Waals surface area contributed by atoms with Gasteiger partial charge in [0, 0.05) is 44.8 Å². The third kappa shape index (κ3) is 6.24. The van der Waals surface area contributed by atoms with E-state index in [-0.39, 0.29) is 0 Å². The fourth-order valence-electron chi connectivity index (χ4n) is 8.17. The van der Waals surface area contributed by atoms with Gasteiger partial charge in [0.15, 0.2) is 5.82 Å². The molecule has 0 bridgehead atoms. The summed E-state index contributed by atoms with van der Waals surface area (Å²) in [6, 6.07) is 75.3. The number of aromatic nitrogens is 6. The molecule has 11 rings (SSSR count). The predicted octanol–water partition coefficient (Wildman–Crippen LogP) is 13.2. The van der Waals surface area contributed by atoms with Crippen LogP contribution in [0.5, 0.6) is 0 Å². The minimum absolute atomic E-state index is 0.639. The quantitative estimate of drug-likeness (QED) is 0.154. The van der Waals surface area contributed by atoms with E-state index in [4.69, 9.17) is 19.9 Å². The monoisotopic (exact) mass is 768 g/mol. The van der Waals surface area contributed by atoms with Crippen LogP contribution in [0.4, 0.5) is 0 Å². The van der Waals surface area contributed by atoms with Crippen molar-refractivity contribution in [3.8, 4) is 79.2 Å². The summed E-state index contributed by atoms with van der Waals surface area (Å²) in [4.78, 5) is 21.5. The largest absolute Gasteiger partial charge is 0.292 e. The maximum absolute atomic E-state index is 5.42. The number of rotatable bonds is 8. The molecular formula is C54H36N6. The molecule has 0 atom stereocenters. The van der Waals surface area contributed by atoms with Crippen LogP contribution in [0, 0.1) is 0 Å². The van der Waals surface area contributed by atoms with E-state index in [2.05, 4.69) is 179 Å². The van der Waals surface area contributed by atoms with E-state index in [1.807, 2.05) is 48.5 Å². The van der Waals surface area contributed by atoms with Gasteiger partial charge in [0.1, 0.15) is 11.6 Å². The Morgan fingerprint density at radius 3 is 1.03 bits per heavy atom. The summed E-state index contributed by atoms with van der Waals surface area (Å²) < 4.78 is 4.47. The molecule has 8 aromatic carbocycles. The van der Waals surface area contributed by atoms with E-state index < -0.39 is 0 Å². The van der Waals surface area contributed by atoms with Crippen LogP contribution in [-0.4, -0.2) is 29.1 Å². The molecule has 0 aliphatic rings. The number of hydrogen-bond donors (Lipinski definition) is 0. The molecule has 11 aromatic rings. The second-order valence-corrected chi connectivity index (χ2v) is 14.7. The van der Waals surface area contributed by atoms with Gasteiger partial charge in [0.05, 0.1) is 33.5 Å². The Kier molecular flexibility index (Phi) is 8.71. The zero-order valence-electron chi connectivity index (χ0n) is 32.5. The summed E-state index contributed by atoms with van der Waals surface area (Å²) >= 11 is 0. The molecule has 0 amide bonds. The highest BCUT2D eigenvalue weighted by atomic mass is 15.1. The Hall–Kier alpha value is -8.22. The summed E-state index contributed by atoms with van der Waals surface area (Å²) in [7, 11) is 0. The van der Waals surface area contributed by atoms with E-state index in [1.165, 1.54) is 0 Å². The summed E-state index contributed by atoms with van der Waals surface area (Å²) in [6.45, 7) is 0. The number of para-hydroxylation sites is 2. The van der Waals surface area contributed by atoms with Gasteiger partial charge in [-0.25, -0.2) is 19.9 Å². The van der Waals surface area contributed by atoms with Crippen molar-refractivity contribution >= 4 is 22.1 Å². The van der Waals surface area contributed by atoms with Gasteiger partial charge in [-0.3, -0.25) is 9.13 Å². The lowest BCUT2D eigenvalue weighted by Gasteiger charge is -2.17. The highest BCUT2D eigenvalue weighted by Gasteiger charge is 2.23. The Morgan fingerprint density at radius 2 is 0.633 bits per heavy atom. The van der Waals surface area contributed by atoms with Gasteiger partial charge in [-0.1, -0.05) is 170 Å². The van der Waals surface area contributed by atoms with Crippen molar-refractivity contribution in [3.63, 3.8) is 0 Å². The molecule has 0 unspecified atom stereocenters. The van der Waals surface area contributed by atoms with Gasteiger partial charge in [0.2, 0.25) is 0 Å². The average Bonchev–Trinajstić information content (AvgIpc) is 3.92. The van der Waals surface area contributed by atoms with Crippen molar-refractivity contribution < 1.29 is 0 Å². The van der Waals surface area contributed by atoms with Crippen molar-refractivity contribution in [1.29, 1.82) is 0 Å². The minimum atomic E-state index is 0.639. The lowest BCUT2D eigenvalue weighted by Crippen LogP contribution is -2.01. The highest BCUT2D eigenvalue weighted by molar-refractivity contribution is 5.97. The standard InChI is InChI=1S/C54H36N6/c1-7-19-37(20-8-1)49-50(41-31-33-47-45(35-41)55-53(39-23-11-3-12-24-39)59(47)43-27-15-5-16-28-43)57-52(38-21-9-2-10-22-38)58-51(49)42-32-34-48-46(36-42)56-54(40-25-13-4-14-26-40)60(48)44-29-17-6-18-30-44/h1-36H. The van der Waals surface area contributed by atoms with E-state index in [1.54, 1.807) is 0 Å². The average molecular weight is 769 g/mol. The normalized spacial score (nSPS) is 11.3. The number of hydrogen-bond acceptors (Lipinski definition) is 4. The van der Waals surface area contributed by atoms with Crippen molar-refractivity contribution in [1.82, 2.24) is 29.1 Å². The highest BCUT2D eigenvalue weighted by Crippen LogP contribution is 2.42. The van der Waals surface area contributed by atoms with Crippen LogP contribution < -0.4 is 0 Å². The molecule has 0 radical (unpaired) electrons. The zero-order chi connectivity index (χ0) is 39.8. The molecule has 0 saturated carbocycles. The second-order valence-electron chi connectivity index (χ2n) is 14.7. The lowest BCUT2D eigenvalue weighted by molar-refractivity contribution is 1.10. The Balaban J connectivity index is 1.17. The first-order chi connectivity index (χ1) is 29.8. The van der Waals surface area contributed by atoms with Gasteiger partial charge >= 0.3 is 0 Å². The van der Waals surface area contributed by atoms with E-state index in [9.17, 15) is 0 Å². The van der Waals surface area contributed by atoms with Crippen LogP contribution in [0.3, 0.4) is 0 Å². The van der Waals surface area contributed by atoms with Gasteiger partial charge in [0.25, 0.3) is 0 Å². The first-order valence-corrected chi connectivity index (χ1v) is 20.1. The van der Waals surface area contributed by atoms with E-state index in [0.717, 1.165) is 95.4 Å². The van der Waals surface area contributed by atoms with Gasteiger partial charge < -0.3 is 0 Å². The van der Waals surface area contributed by atoms with E-state index in [0.29, 0.717) is 5.82 Å². The molecule has 0 N–H and O–H groups in total.